The topological polar surface area (TPSA) is 43.4 Å². The van der Waals surface area contributed by atoms with E-state index in [1.165, 1.54) is 0 Å². The maximum Gasteiger partial charge on any atom is 0.342 e. The third-order valence-electron chi connectivity index (χ3n) is 2.32. The second-order valence-electron chi connectivity index (χ2n) is 3.46. The van der Waals surface area contributed by atoms with Gasteiger partial charge in [0.15, 0.2) is 0 Å². The number of carbonyl (C=O) groups excluding carboxylic acids is 2. The van der Waals surface area contributed by atoms with E-state index in [2.05, 4.69) is 4.74 Å². The summed E-state index contributed by atoms with van der Waals surface area (Å²) in [5.74, 6) is -0.997. The van der Waals surface area contributed by atoms with Crippen molar-refractivity contribution >= 4 is 18.0 Å². The van der Waals surface area contributed by atoms with Crippen LogP contribution in [0.2, 0.25) is 0 Å². The standard InChI is InChI=1S/C12H10O3/c1-8-4-2-3-5-9(8)6-10-7-11(13)15-12(10)14/h2-6H,7H2,1H3/b10-6+. The Morgan fingerprint density at radius 1 is 1.27 bits per heavy atom. The largest absolute Gasteiger partial charge is 0.389 e. The Bertz CT molecular complexity index is 458. The molecule has 0 saturated carbocycles. The number of cyclic esters (lactones) is 2. The molecule has 0 bridgehead atoms. The molecular weight excluding hydrogens is 192 g/mol. The second-order valence-corrected chi connectivity index (χ2v) is 3.46. The van der Waals surface area contributed by atoms with E-state index >= 15 is 0 Å². The van der Waals surface area contributed by atoms with Gasteiger partial charge in [-0.25, -0.2) is 4.79 Å². The number of aryl methyl sites for hydroxylation is 1. The van der Waals surface area contributed by atoms with Gasteiger partial charge in [-0.3, -0.25) is 4.79 Å². The maximum atomic E-state index is 11.2. The molecular formula is C12H10O3. The SMILES string of the molecule is Cc1ccccc1/C=C1\CC(=O)OC1=O. The summed E-state index contributed by atoms with van der Waals surface area (Å²) in [6.45, 7) is 1.95. The van der Waals surface area contributed by atoms with Gasteiger partial charge in [-0.2, -0.15) is 0 Å². The van der Waals surface area contributed by atoms with Crippen molar-refractivity contribution in [3.8, 4) is 0 Å². The number of hydrogen-bond acceptors (Lipinski definition) is 3. The summed E-state index contributed by atoms with van der Waals surface area (Å²) in [4.78, 5) is 22.0. The van der Waals surface area contributed by atoms with Gasteiger partial charge in [-0.1, -0.05) is 24.3 Å². The van der Waals surface area contributed by atoms with Crippen molar-refractivity contribution in [1.29, 1.82) is 0 Å². The van der Waals surface area contributed by atoms with E-state index in [0.717, 1.165) is 11.1 Å². The van der Waals surface area contributed by atoms with Crippen LogP contribution < -0.4 is 0 Å². The van der Waals surface area contributed by atoms with Crippen molar-refractivity contribution < 1.29 is 14.3 Å². The Morgan fingerprint density at radius 3 is 2.60 bits per heavy atom. The molecule has 0 aromatic heterocycles. The predicted octanol–water partition coefficient (Wildman–Crippen LogP) is 1.85. The summed E-state index contributed by atoms with van der Waals surface area (Å²) < 4.78 is 4.44. The first-order valence-electron chi connectivity index (χ1n) is 4.68. The number of ether oxygens (including phenoxy) is 1. The van der Waals surface area contributed by atoms with Gasteiger partial charge in [0, 0.05) is 5.57 Å². The zero-order valence-electron chi connectivity index (χ0n) is 8.32. The molecule has 15 heavy (non-hydrogen) atoms. The first kappa shape index (κ1) is 9.65. The number of carbonyl (C=O) groups is 2. The van der Waals surface area contributed by atoms with Crippen LogP contribution in [0.25, 0.3) is 6.08 Å². The lowest BCUT2D eigenvalue weighted by molar-refractivity contribution is -0.151. The van der Waals surface area contributed by atoms with Gasteiger partial charge in [-0.05, 0) is 24.1 Å². The van der Waals surface area contributed by atoms with Crippen molar-refractivity contribution in [1.82, 2.24) is 0 Å². The molecule has 3 heteroatoms. The Balaban J connectivity index is 2.35. The van der Waals surface area contributed by atoms with Crippen LogP contribution in [-0.2, 0) is 14.3 Å². The molecule has 0 amide bonds. The highest BCUT2D eigenvalue weighted by Gasteiger charge is 2.26. The van der Waals surface area contributed by atoms with Gasteiger partial charge in [0.1, 0.15) is 0 Å². The molecule has 1 fully saturated rings. The molecule has 2 rings (SSSR count). The van der Waals surface area contributed by atoms with Crippen LogP contribution in [0.5, 0.6) is 0 Å². The van der Waals surface area contributed by atoms with Gasteiger partial charge >= 0.3 is 11.9 Å². The predicted molar refractivity (Wildman–Crippen MR) is 54.9 cm³/mol. The number of hydrogen-bond donors (Lipinski definition) is 0. The van der Waals surface area contributed by atoms with Crippen molar-refractivity contribution in [2.24, 2.45) is 0 Å². The van der Waals surface area contributed by atoms with Crippen LogP contribution >= 0.6 is 0 Å². The lowest BCUT2D eigenvalue weighted by Crippen LogP contribution is -1.97. The van der Waals surface area contributed by atoms with Crippen LogP contribution in [0.1, 0.15) is 17.5 Å². The molecule has 0 aliphatic carbocycles. The summed E-state index contributed by atoms with van der Waals surface area (Å²) in [6.07, 6.45) is 1.79. The minimum Gasteiger partial charge on any atom is -0.389 e. The van der Waals surface area contributed by atoms with Crippen LogP contribution in [-0.4, -0.2) is 11.9 Å². The number of esters is 2. The van der Waals surface area contributed by atoms with E-state index in [1.807, 2.05) is 31.2 Å². The molecule has 0 atom stereocenters. The molecule has 3 nitrogen and oxygen atoms in total. The van der Waals surface area contributed by atoms with E-state index in [-0.39, 0.29) is 6.42 Å². The highest BCUT2D eigenvalue weighted by atomic mass is 16.6. The summed E-state index contributed by atoms with van der Waals surface area (Å²) in [6, 6.07) is 7.67. The zero-order chi connectivity index (χ0) is 10.8. The summed E-state index contributed by atoms with van der Waals surface area (Å²) in [5.41, 5.74) is 2.44. The summed E-state index contributed by atoms with van der Waals surface area (Å²) in [7, 11) is 0. The monoisotopic (exact) mass is 202 g/mol. The lowest BCUT2D eigenvalue weighted by atomic mass is 10.1. The number of benzene rings is 1. The molecule has 0 spiro atoms. The Kier molecular flexibility index (Phi) is 2.37. The van der Waals surface area contributed by atoms with Crippen LogP contribution in [0.4, 0.5) is 0 Å². The van der Waals surface area contributed by atoms with E-state index in [1.54, 1.807) is 6.08 Å². The first-order chi connectivity index (χ1) is 7.16. The second kappa shape index (κ2) is 3.69. The third-order valence-corrected chi connectivity index (χ3v) is 2.32. The Hall–Kier alpha value is -1.90. The van der Waals surface area contributed by atoms with Gasteiger partial charge in [0.2, 0.25) is 0 Å². The molecule has 1 heterocycles. The average Bonchev–Trinajstić information content (AvgIpc) is 2.49. The minimum absolute atomic E-state index is 0.0766. The number of rotatable bonds is 1. The molecule has 0 unspecified atom stereocenters. The molecule has 76 valence electrons. The van der Waals surface area contributed by atoms with Crippen LogP contribution in [0.15, 0.2) is 29.8 Å². The Labute approximate surface area is 87.4 Å². The smallest absolute Gasteiger partial charge is 0.342 e. The van der Waals surface area contributed by atoms with Crippen LogP contribution in [0.3, 0.4) is 0 Å². The molecule has 0 radical (unpaired) electrons. The minimum atomic E-state index is -0.525. The van der Waals surface area contributed by atoms with Gasteiger partial charge in [-0.15, -0.1) is 0 Å². The van der Waals surface area contributed by atoms with E-state index in [9.17, 15) is 9.59 Å². The van der Waals surface area contributed by atoms with Crippen molar-refractivity contribution in [2.45, 2.75) is 13.3 Å². The molecule has 0 N–H and O–H groups in total. The van der Waals surface area contributed by atoms with Gasteiger partial charge in [0.25, 0.3) is 0 Å². The average molecular weight is 202 g/mol. The van der Waals surface area contributed by atoms with E-state index in [0.29, 0.717) is 5.57 Å². The summed E-state index contributed by atoms with van der Waals surface area (Å²) in [5, 5.41) is 0. The lowest BCUT2D eigenvalue weighted by Gasteiger charge is -1.98. The normalized spacial score (nSPS) is 18.3. The molecule has 1 aliphatic rings. The first-order valence-corrected chi connectivity index (χ1v) is 4.68. The molecule has 1 aromatic carbocycles. The maximum absolute atomic E-state index is 11.2. The molecule has 1 aromatic rings. The highest BCUT2D eigenvalue weighted by molar-refractivity contribution is 6.08. The van der Waals surface area contributed by atoms with Crippen molar-refractivity contribution in [2.75, 3.05) is 0 Å². The fourth-order valence-corrected chi connectivity index (χ4v) is 1.48. The molecule has 1 aliphatic heterocycles. The Morgan fingerprint density at radius 2 is 2.00 bits per heavy atom. The quantitative estimate of drug-likeness (QED) is 0.396. The third kappa shape index (κ3) is 1.96. The van der Waals surface area contributed by atoms with Crippen molar-refractivity contribution in [3.63, 3.8) is 0 Å². The fourth-order valence-electron chi connectivity index (χ4n) is 1.48. The summed E-state index contributed by atoms with van der Waals surface area (Å²) >= 11 is 0. The fraction of sp³-hybridized carbons (Fsp3) is 0.167. The zero-order valence-corrected chi connectivity index (χ0v) is 8.32. The highest BCUT2D eigenvalue weighted by Crippen LogP contribution is 2.19. The van der Waals surface area contributed by atoms with Crippen molar-refractivity contribution in [3.05, 3.63) is 41.0 Å². The van der Waals surface area contributed by atoms with E-state index in [4.69, 9.17) is 0 Å². The van der Waals surface area contributed by atoms with E-state index < -0.39 is 11.9 Å². The van der Waals surface area contributed by atoms with Gasteiger partial charge in [0.05, 0.1) is 6.42 Å². The van der Waals surface area contributed by atoms with Crippen LogP contribution in [0, 0.1) is 6.92 Å². The van der Waals surface area contributed by atoms with Gasteiger partial charge < -0.3 is 4.74 Å². The molecule has 1 saturated heterocycles.